The van der Waals surface area contributed by atoms with E-state index in [0.29, 0.717) is 22.3 Å². The van der Waals surface area contributed by atoms with Crippen LogP contribution in [0, 0.1) is 45.8 Å². The number of rotatable bonds is 3. The van der Waals surface area contributed by atoms with Crippen LogP contribution in [0.4, 0.5) is 0 Å². The number of aliphatic hydroxyl groups is 1. The minimum absolute atomic E-state index is 0.459. The molecule has 4 aliphatic carbocycles. The molecule has 0 aliphatic heterocycles. The maximum Gasteiger partial charge on any atom is 0.0319 e. The lowest BCUT2D eigenvalue weighted by Gasteiger charge is -2.66. The van der Waals surface area contributed by atoms with Crippen LogP contribution in [0.5, 0.6) is 0 Å². The van der Waals surface area contributed by atoms with Gasteiger partial charge < -0.3 is 10.8 Å². The van der Waals surface area contributed by atoms with Crippen molar-refractivity contribution >= 4 is 0 Å². The second-order valence-electron chi connectivity index (χ2n) is 11.8. The van der Waals surface area contributed by atoms with E-state index in [1.54, 1.807) is 0 Å². The molecule has 0 aromatic carbocycles. The Kier molecular flexibility index (Phi) is 6.63. The third-order valence-corrected chi connectivity index (χ3v) is 10.9. The van der Waals surface area contributed by atoms with Crippen LogP contribution < -0.4 is 5.73 Å². The van der Waals surface area contributed by atoms with Gasteiger partial charge in [-0.3, -0.25) is 0 Å². The summed E-state index contributed by atoms with van der Waals surface area (Å²) in [7, 11) is 1.00. The van der Waals surface area contributed by atoms with Crippen molar-refractivity contribution in [3.05, 3.63) is 0 Å². The average Bonchev–Trinajstić information content (AvgIpc) is 3.02. The Morgan fingerprint density at radius 1 is 0.964 bits per heavy atom. The molecule has 9 atom stereocenters. The van der Waals surface area contributed by atoms with Gasteiger partial charge in [-0.25, -0.2) is 0 Å². The standard InChI is InChI=1S/C25H45N.CH4O/c1-6-9-17(2)18-10-11-19-22-20(12-15-24(18,19)4)25(5)14-8-7-13-23(25,3)16-21(22)26;1-2/h17-22H,6-16,26H2,1-5H3;2H,1H3/t17?,18?,19?,20?,21-,22?,23?,24?,25?;/m1./s1. The molecule has 0 aromatic rings. The van der Waals surface area contributed by atoms with E-state index in [2.05, 4.69) is 34.6 Å². The molecule has 0 saturated heterocycles. The van der Waals surface area contributed by atoms with Gasteiger partial charge in [-0.05, 0) is 90.8 Å². The number of nitrogens with two attached hydrogens (primary N) is 1. The van der Waals surface area contributed by atoms with Gasteiger partial charge in [-0.1, -0.05) is 60.3 Å². The highest BCUT2D eigenvalue weighted by Gasteiger charge is 2.64. The second kappa shape index (κ2) is 8.22. The second-order valence-corrected chi connectivity index (χ2v) is 11.8. The number of fused-ring (bicyclic) bond motifs is 5. The minimum Gasteiger partial charge on any atom is -0.400 e. The zero-order valence-electron chi connectivity index (χ0n) is 19.8. The molecule has 2 nitrogen and oxygen atoms in total. The van der Waals surface area contributed by atoms with Gasteiger partial charge in [0.05, 0.1) is 0 Å². The van der Waals surface area contributed by atoms with E-state index in [9.17, 15) is 0 Å². The summed E-state index contributed by atoms with van der Waals surface area (Å²) in [6.07, 6.45) is 15.8. The Bertz CT molecular complexity index is 535. The molecule has 4 aliphatic rings. The molecule has 28 heavy (non-hydrogen) atoms. The lowest BCUT2D eigenvalue weighted by atomic mass is 9.39. The van der Waals surface area contributed by atoms with Crippen molar-refractivity contribution in [2.24, 2.45) is 51.6 Å². The third kappa shape index (κ3) is 3.20. The predicted molar refractivity (Wildman–Crippen MR) is 120 cm³/mol. The van der Waals surface area contributed by atoms with Crippen molar-refractivity contribution in [3.63, 3.8) is 0 Å². The van der Waals surface area contributed by atoms with Gasteiger partial charge in [0.15, 0.2) is 0 Å². The first-order chi connectivity index (χ1) is 13.3. The average molecular weight is 392 g/mol. The maximum atomic E-state index is 7.04. The predicted octanol–water partition coefficient (Wildman–Crippen LogP) is 6.41. The summed E-state index contributed by atoms with van der Waals surface area (Å²) in [5.74, 6) is 4.47. The fourth-order valence-corrected chi connectivity index (χ4v) is 9.39. The van der Waals surface area contributed by atoms with Gasteiger partial charge in [0, 0.05) is 13.2 Å². The highest BCUT2D eigenvalue weighted by Crippen LogP contribution is 2.71. The summed E-state index contributed by atoms with van der Waals surface area (Å²) in [6, 6.07) is 0.459. The van der Waals surface area contributed by atoms with Gasteiger partial charge in [-0.2, -0.15) is 0 Å². The van der Waals surface area contributed by atoms with Crippen molar-refractivity contribution in [1.82, 2.24) is 0 Å². The first kappa shape index (κ1) is 22.6. The zero-order chi connectivity index (χ0) is 20.7. The Hall–Kier alpha value is -0.0800. The van der Waals surface area contributed by atoms with Gasteiger partial charge in [0.1, 0.15) is 0 Å². The molecule has 4 fully saturated rings. The molecule has 0 aromatic heterocycles. The molecule has 0 bridgehead atoms. The van der Waals surface area contributed by atoms with Crippen LogP contribution in [0.15, 0.2) is 0 Å². The molecule has 0 spiro atoms. The van der Waals surface area contributed by atoms with E-state index < -0.39 is 0 Å². The molecule has 0 heterocycles. The molecule has 0 radical (unpaired) electrons. The summed E-state index contributed by atoms with van der Waals surface area (Å²) in [5.41, 5.74) is 8.67. The Morgan fingerprint density at radius 2 is 1.64 bits per heavy atom. The topological polar surface area (TPSA) is 46.2 Å². The summed E-state index contributed by atoms with van der Waals surface area (Å²) in [5, 5.41) is 7.00. The van der Waals surface area contributed by atoms with E-state index in [1.807, 2.05) is 0 Å². The molecule has 2 heteroatoms. The summed E-state index contributed by atoms with van der Waals surface area (Å²) in [6.45, 7) is 12.9. The fourth-order valence-electron chi connectivity index (χ4n) is 9.39. The van der Waals surface area contributed by atoms with Crippen LogP contribution in [-0.2, 0) is 0 Å². The molecule has 0 amide bonds. The van der Waals surface area contributed by atoms with Crippen LogP contribution in [0.25, 0.3) is 0 Å². The van der Waals surface area contributed by atoms with Crippen molar-refractivity contribution in [3.8, 4) is 0 Å². The zero-order valence-corrected chi connectivity index (χ0v) is 19.8. The molecular weight excluding hydrogens is 342 g/mol. The van der Waals surface area contributed by atoms with E-state index in [1.165, 1.54) is 70.6 Å². The van der Waals surface area contributed by atoms with Crippen molar-refractivity contribution in [2.45, 2.75) is 111 Å². The SMILES string of the molecule is CCCC(C)C1CCC2C3C(CCC12C)C1(C)CCCCC1(C)C[C@H]3N.CO. The Labute approximate surface area is 175 Å². The number of hydrogen-bond acceptors (Lipinski definition) is 2. The molecule has 4 saturated carbocycles. The molecule has 4 rings (SSSR count). The van der Waals surface area contributed by atoms with Crippen LogP contribution in [0.2, 0.25) is 0 Å². The monoisotopic (exact) mass is 391 g/mol. The lowest BCUT2D eigenvalue weighted by molar-refractivity contribution is -0.162. The third-order valence-electron chi connectivity index (χ3n) is 10.9. The van der Waals surface area contributed by atoms with Gasteiger partial charge in [-0.15, -0.1) is 0 Å². The quantitative estimate of drug-likeness (QED) is 0.584. The van der Waals surface area contributed by atoms with Crippen molar-refractivity contribution < 1.29 is 5.11 Å². The fraction of sp³-hybridized carbons (Fsp3) is 1.00. The van der Waals surface area contributed by atoms with Gasteiger partial charge >= 0.3 is 0 Å². The molecular formula is C26H49NO. The van der Waals surface area contributed by atoms with E-state index in [0.717, 1.165) is 36.7 Å². The molecule has 3 N–H and O–H groups in total. The van der Waals surface area contributed by atoms with E-state index in [-0.39, 0.29) is 0 Å². The van der Waals surface area contributed by atoms with Crippen LogP contribution in [0.1, 0.15) is 105 Å². The largest absolute Gasteiger partial charge is 0.400 e. The summed E-state index contributed by atoms with van der Waals surface area (Å²) < 4.78 is 0. The van der Waals surface area contributed by atoms with Crippen LogP contribution in [-0.4, -0.2) is 18.3 Å². The Balaban J connectivity index is 0.00000109. The molecule has 164 valence electrons. The lowest BCUT2D eigenvalue weighted by Crippen LogP contribution is -2.63. The maximum absolute atomic E-state index is 7.04. The first-order valence-electron chi connectivity index (χ1n) is 12.5. The van der Waals surface area contributed by atoms with Crippen molar-refractivity contribution in [2.75, 3.05) is 7.11 Å². The van der Waals surface area contributed by atoms with Crippen LogP contribution in [0.3, 0.4) is 0 Å². The van der Waals surface area contributed by atoms with Gasteiger partial charge in [0.25, 0.3) is 0 Å². The van der Waals surface area contributed by atoms with E-state index >= 15 is 0 Å². The Morgan fingerprint density at radius 3 is 2.32 bits per heavy atom. The highest BCUT2D eigenvalue weighted by molar-refractivity contribution is 5.14. The van der Waals surface area contributed by atoms with Gasteiger partial charge in [0.2, 0.25) is 0 Å². The normalized spacial score (nSPS) is 51.2. The van der Waals surface area contributed by atoms with Crippen molar-refractivity contribution in [1.29, 1.82) is 0 Å². The minimum atomic E-state index is 0.459. The van der Waals surface area contributed by atoms with Crippen LogP contribution >= 0.6 is 0 Å². The molecule has 8 unspecified atom stereocenters. The number of hydrogen-bond donors (Lipinski definition) is 2. The highest BCUT2D eigenvalue weighted by atomic mass is 16.2. The first-order valence-corrected chi connectivity index (χ1v) is 12.5. The summed E-state index contributed by atoms with van der Waals surface area (Å²) >= 11 is 0. The van der Waals surface area contributed by atoms with E-state index in [4.69, 9.17) is 10.8 Å². The summed E-state index contributed by atoms with van der Waals surface area (Å²) in [4.78, 5) is 0. The smallest absolute Gasteiger partial charge is 0.0319 e. The number of aliphatic hydroxyl groups excluding tert-OH is 1.